The molecule has 0 aliphatic heterocycles. The molecule has 2 aromatic rings. The van der Waals surface area contributed by atoms with E-state index in [0.717, 1.165) is 0 Å². The van der Waals surface area contributed by atoms with Crippen molar-refractivity contribution < 1.29 is 28.7 Å². The predicted octanol–water partition coefficient (Wildman–Crippen LogP) is 4.36. The first-order chi connectivity index (χ1) is 14.7. The zero-order valence-electron chi connectivity index (χ0n) is 17.9. The van der Waals surface area contributed by atoms with Gasteiger partial charge in [0.15, 0.2) is 23.1 Å². The van der Waals surface area contributed by atoms with Gasteiger partial charge in [0.05, 0.1) is 31.8 Å². The lowest BCUT2D eigenvalue weighted by molar-refractivity contribution is -0.121. The number of carbonyl (C=O) groups excluding carboxylic acids is 4. The van der Waals surface area contributed by atoms with Crippen LogP contribution in [0.15, 0.2) is 48.6 Å². The molecule has 0 amide bonds. The number of ketones is 4. The molecular weight excluding hydrogens is 396 g/mol. The molecule has 6 heteroatoms. The van der Waals surface area contributed by atoms with Crippen LogP contribution in [0.2, 0.25) is 0 Å². The normalized spacial score (nSPS) is 11.0. The zero-order chi connectivity index (χ0) is 23.0. The molecule has 31 heavy (non-hydrogen) atoms. The number of allylic oxidation sites excluding steroid dienone is 2. The zero-order valence-corrected chi connectivity index (χ0v) is 17.9. The molecule has 0 radical (unpaired) electrons. The Hall–Kier alpha value is -3.80. The number of rotatable bonds is 10. The summed E-state index contributed by atoms with van der Waals surface area (Å²) in [6, 6.07) is 9.96. The Morgan fingerprint density at radius 2 is 1.10 bits per heavy atom. The number of benzene rings is 2. The Balaban J connectivity index is 2.02. The minimum Gasteiger partial charge on any atom is -0.496 e. The van der Waals surface area contributed by atoms with Gasteiger partial charge in [-0.05, 0) is 61.4 Å². The average molecular weight is 420 g/mol. The lowest BCUT2D eigenvalue weighted by Gasteiger charge is -2.06. The molecule has 160 valence electrons. The molecule has 0 spiro atoms. The third-order valence-corrected chi connectivity index (χ3v) is 4.48. The Bertz CT molecular complexity index is 990. The monoisotopic (exact) mass is 420 g/mol. The van der Waals surface area contributed by atoms with Gasteiger partial charge < -0.3 is 9.47 Å². The summed E-state index contributed by atoms with van der Waals surface area (Å²) in [4.78, 5) is 47.3. The molecule has 0 fully saturated rings. The molecule has 6 nitrogen and oxygen atoms in total. The number of methoxy groups -OCH3 is 2. The van der Waals surface area contributed by atoms with Gasteiger partial charge in [-0.2, -0.15) is 0 Å². The van der Waals surface area contributed by atoms with Gasteiger partial charge in [-0.3, -0.25) is 19.2 Å². The van der Waals surface area contributed by atoms with Crippen LogP contribution in [0.5, 0.6) is 11.5 Å². The molecule has 0 aliphatic rings. The van der Waals surface area contributed by atoms with E-state index in [2.05, 4.69) is 0 Å². The molecule has 0 atom stereocenters. The van der Waals surface area contributed by atoms with E-state index in [-0.39, 0.29) is 29.6 Å². The van der Waals surface area contributed by atoms with Crippen molar-refractivity contribution in [2.75, 3.05) is 14.2 Å². The van der Waals surface area contributed by atoms with Crippen LogP contribution in [0, 0.1) is 0 Å². The Morgan fingerprint density at radius 3 is 1.42 bits per heavy atom. The largest absolute Gasteiger partial charge is 0.496 e. The summed E-state index contributed by atoms with van der Waals surface area (Å²) in [6.07, 6.45) is 5.49. The van der Waals surface area contributed by atoms with E-state index in [4.69, 9.17) is 9.47 Å². The Labute approximate surface area is 181 Å². The van der Waals surface area contributed by atoms with Gasteiger partial charge in [-0.1, -0.05) is 24.3 Å². The van der Waals surface area contributed by atoms with Gasteiger partial charge in [0.2, 0.25) is 0 Å². The van der Waals surface area contributed by atoms with E-state index in [1.807, 2.05) is 0 Å². The molecule has 0 aromatic heterocycles. The van der Waals surface area contributed by atoms with Crippen LogP contribution >= 0.6 is 0 Å². The smallest absolute Gasteiger partial charge is 0.163 e. The van der Waals surface area contributed by atoms with E-state index in [1.165, 1.54) is 40.2 Å². The van der Waals surface area contributed by atoms with Crippen LogP contribution < -0.4 is 9.47 Å². The van der Waals surface area contributed by atoms with Gasteiger partial charge >= 0.3 is 0 Å². The highest BCUT2D eigenvalue weighted by atomic mass is 16.5. The highest BCUT2D eigenvalue weighted by Crippen LogP contribution is 2.22. The Kier molecular flexibility index (Phi) is 8.20. The van der Waals surface area contributed by atoms with E-state index >= 15 is 0 Å². The molecule has 0 saturated carbocycles. The molecule has 0 aliphatic carbocycles. The van der Waals surface area contributed by atoms with Crippen molar-refractivity contribution in [2.45, 2.75) is 20.3 Å². The third kappa shape index (κ3) is 6.60. The van der Waals surface area contributed by atoms with Gasteiger partial charge in [0.25, 0.3) is 0 Å². The second-order valence-corrected chi connectivity index (χ2v) is 6.81. The van der Waals surface area contributed by atoms with Crippen molar-refractivity contribution in [2.24, 2.45) is 0 Å². The van der Waals surface area contributed by atoms with Crippen molar-refractivity contribution in [3.8, 4) is 11.5 Å². The highest BCUT2D eigenvalue weighted by molar-refractivity contribution is 6.11. The van der Waals surface area contributed by atoms with Crippen LogP contribution in [-0.4, -0.2) is 37.4 Å². The fraction of sp³-hybridized carbons (Fsp3) is 0.200. The summed E-state index contributed by atoms with van der Waals surface area (Å²) in [6.45, 7) is 2.90. The van der Waals surface area contributed by atoms with Crippen molar-refractivity contribution >= 4 is 35.3 Å². The van der Waals surface area contributed by atoms with Crippen molar-refractivity contribution in [1.82, 2.24) is 0 Å². The van der Waals surface area contributed by atoms with Gasteiger partial charge in [0.1, 0.15) is 11.5 Å². The van der Waals surface area contributed by atoms with Crippen molar-refractivity contribution in [3.05, 3.63) is 70.8 Å². The van der Waals surface area contributed by atoms with Crippen LogP contribution in [0.4, 0.5) is 0 Å². The standard InChI is InChI=1S/C25H24O6/c1-16(26)22-11-7-18(13-24(22)30-3)5-9-20(28)15-21(29)10-6-19-8-12-23(17(2)27)25(14-19)31-4/h5-14H,15H2,1-4H3. The molecular formula is C25H24O6. The first-order valence-electron chi connectivity index (χ1n) is 9.55. The quantitative estimate of drug-likeness (QED) is 0.322. The van der Waals surface area contributed by atoms with Crippen LogP contribution in [0.25, 0.3) is 12.2 Å². The van der Waals surface area contributed by atoms with E-state index in [1.54, 1.807) is 48.6 Å². The summed E-state index contributed by atoms with van der Waals surface area (Å²) in [7, 11) is 2.93. The van der Waals surface area contributed by atoms with E-state index in [0.29, 0.717) is 33.8 Å². The van der Waals surface area contributed by atoms with Gasteiger partial charge in [-0.15, -0.1) is 0 Å². The fourth-order valence-electron chi connectivity index (χ4n) is 2.87. The maximum absolute atomic E-state index is 12.1. The summed E-state index contributed by atoms with van der Waals surface area (Å²) < 4.78 is 10.4. The lowest BCUT2D eigenvalue weighted by Crippen LogP contribution is -2.02. The second-order valence-electron chi connectivity index (χ2n) is 6.81. The van der Waals surface area contributed by atoms with Crippen molar-refractivity contribution in [1.29, 1.82) is 0 Å². The van der Waals surface area contributed by atoms with Gasteiger partial charge in [0, 0.05) is 0 Å². The topological polar surface area (TPSA) is 86.7 Å². The van der Waals surface area contributed by atoms with Crippen LogP contribution in [0.1, 0.15) is 52.1 Å². The summed E-state index contributed by atoms with van der Waals surface area (Å²) >= 11 is 0. The molecule has 0 N–H and O–H groups in total. The van der Waals surface area contributed by atoms with Crippen molar-refractivity contribution in [3.63, 3.8) is 0 Å². The van der Waals surface area contributed by atoms with Crippen LogP contribution in [0.3, 0.4) is 0 Å². The maximum Gasteiger partial charge on any atom is 0.163 e. The van der Waals surface area contributed by atoms with Crippen LogP contribution in [-0.2, 0) is 9.59 Å². The number of carbonyl (C=O) groups is 4. The van der Waals surface area contributed by atoms with Gasteiger partial charge in [-0.25, -0.2) is 0 Å². The number of ether oxygens (including phenoxy) is 2. The number of Topliss-reactive ketones (excluding diaryl/α,β-unsaturated/α-hetero) is 2. The first-order valence-corrected chi connectivity index (χ1v) is 9.55. The molecule has 0 unspecified atom stereocenters. The van der Waals surface area contributed by atoms with E-state index in [9.17, 15) is 19.2 Å². The lowest BCUT2D eigenvalue weighted by atomic mass is 10.1. The maximum atomic E-state index is 12.1. The second kappa shape index (κ2) is 10.8. The minimum atomic E-state index is -0.353. The average Bonchev–Trinajstić information content (AvgIpc) is 2.75. The highest BCUT2D eigenvalue weighted by Gasteiger charge is 2.10. The molecule has 0 heterocycles. The third-order valence-electron chi connectivity index (χ3n) is 4.48. The number of hydrogen-bond donors (Lipinski definition) is 0. The number of hydrogen-bond acceptors (Lipinski definition) is 6. The fourth-order valence-corrected chi connectivity index (χ4v) is 2.87. The van der Waals surface area contributed by atoms with E-state index < -0.39 is 0 Å². The summed E-state index contributed by atoms with van der Waals surface area (Å²) in [5, 5.41) is 0. The predicted molar refractivity (Wildman–Crippen MR) is 119 cm³/mol. The summed E-state index contributed by atoms with van der Waals surface area (Å²) in [5.74, 6) is -0.0917. The molecule has 0 bridgehead atoms. The minimum absolute atomic E-state index is 0.116. The SMILES string of the molecule is COc1cc(C=CC(=O)CC(=O)C=Cc2ccc(C(C)=O)c(OC)c2)ccc1C(C)=O. The molecule has 0 saturated heterocycles. The molecule has 2 aromatic carbocycles. The molecule has 2 rings (SSSR count). The summed E-state index contributed by atoms with van der Waals surface area (Å²) in [5.41, 5.74) is 2.27. The Morgan fingerprint density at radius 1 is 0.710 bits per heavy atom. The first kappa shape index (κ1) is 23.5.